The molecule has 0 aromatic heterocycles. The van der Waals surface area contributed by atoms with E-state index in [2.05, 4.69) is 20.8 Å². The summed E-state index contributed by atoms with van der Waals surface area (Å²) in [4.78, 5) is 16.4. The zero-order valence-corrected chi connectivity index (χ0v) is 13.4. The van der Waals surface area contributed by atoms with Gasteiger partial charge in [-0.3, -0.25) is 4.79 Å². The van der Waals surface area contributed by atoms with E-state index < -0.39 is 0 Å². The average Bonchev–Trinajstić information content (AvgIpc) is 2.79. The van der Waals surface area contributed by atoms with Crippen LogP contribution in [0.1, 0.15) is 18.4 Å². The van der Waals surface area contributed by atoms with E-state index in [-0.39, 0.29) is 0 Å². The summed E-state index contributed by atoms with van der Waals surface area (Å²) >= 11 is 8.70. The van der Waals surface area contributed by atoms with E-state index in [0.717, 1.165) is 41.8 Å². The molecule has 3 rings (SSSR count). The van der Waals surface area contributed by atoms with Crippen molar-refractivity contribution in [1.82, 2.24) is 4.90 Å². The first-order valence-electron chi connectivity index (χ1n) is 6.70. The molecule has 2 heterocycles. The molecule has 2 N–H and O–H groups in total. The summed E-state index contributed by atoms with van der Waals surface area (Å²) in [5.74, 6) is 0.290. The Hall–Kier alpha value is -1.14. The molecule has 0 spiro atoms. The van der Waals surface area contributed by atoms with Gasteiger partial charge in [-0.1, -0.05) is 18.3 Å². The molecule has 4 nitrogen and oxygen atoms in total. The summed E-state index contributed by atoms with van der Waals surface area (Å²) in [5.41, 5.74) is 7.81. The highest BCUT2D eigenvalue weighted by Crippen LogP contribution is 2.31. The van der Waals surface area contributed by atoms with E-state index in [9.17, 15) is 4.79 Å². The van der Waals surface area contributed by atoms with Gasteiger partial charge in [0.25, 0.3) is 0 Å². The number of hydrogen-bond acceptors (Lipinski definition) is 3. The lowest BCUT2D eigenvalue weighted by Gasteiger charge is -2.39. The maximum atomic E-state index is 11.7. The van der Waals surface area contributed by atoms with Gasteiger partial charge in [-0.05, 0) is 34.5 Å². The first kappa shape index (κ1) is 13.8. The van der Waals surface area contributed by atoms with Crippen molar-refractivity contribution in [3.8, 4) is 0 Å². The van der Waals surface area contributed by atoms with Crippen molar-refractivity contribution in [3.63, 3.8) is 0 Å². The lowest BCUT2D eigenvalue weighted by Crippen LogP contribution is -2.51. The van der Waals surface area contributed by atoms with Crippen molar-refractivity contribution in [2.45, 2.75) is 18.9 Å². The molecule has 0 bridgehead atoms. The third-order valence-electron chi connectivity index (χ3n) is 4.07. The standard InChI is InChI=1S/C14H16BrN3OS/c15-10-2-1-3-11(13(10)14(16)20)17-6-7-18-9(8-17)4-5-12(18)19/h1-3,9H,4-8H2,(H2,16,20). The Morgan fingerprint density at radius 2 is 2.20 bits per heavy atom. The summed E-state index contributed by atoms with van der Waals surface area (Å²) in [6.45, 7) is 2.47. The first-order valence-corrected chi connectivity index (χ1v) is 7.91. The van der Waals surface area contributed by atoms with Gasteiger partial charge in [0.1, 0.15) is 4.99 Å². The number of rotatable bonds is 2. The molecule has 0 saturated carbocycles. The number of anilines is 1. The zero-order chi connectivity index (χ0) is 14.3. The number of fused-ring (bicyclic) bond motifs is 1. The molecule has 1 unspecified atom stereocenters. The normalized spacial score (nSPS) is 22.1. The minimum Gasteiger partial charge on any atom is -0.389 e. The van der Waals surface area contributed by atoms with Crippen molar-refractivity contribution < 1.29 is 4.79 Å². The Balaban J connectivity index is 1.89. The summed E-state index contributed by atoms with van der Waals surface area (Å²) < 4.78 is 0.924. The highest BCUT2D eigenvalue weighted by molar-refractivity contribution is 9.10. The maximum absolute atomic E-state index is 11.7. The molecule has 1 aromatic rings. The minimum absolute atomic E-state index is 0.290. The van der Waals surface area contributed by atoms with Gasteiger partial charge >= 0.3 is 0 Å². The highest BCUT2D eigenvalue weighted by atomic mass is 79.9. The Morgan fingerprint density at radius 1 is 1.40 bits per heavy atom. The van der Waals surface area contributed by atoms with Crippen LogP contribution in [0.25, 0.3) is 0 Å². The van der Waals surface area contributed by atoms with Gasteiger partial charge in [-0.15, -0.1) is 0 Å². The Kier molecular flexibility index (Phi) is 3.69. The van der Waals surface area contributed by atoms with E-state index >= 15 is 0 Å². The number of thiocarbonyl (C=S) groups is 1. The van der Waals surface area contributed by atoms with Gasteiger partial charge < -0.3 is 15.5 Å². The van der Waals surface area contributed by atoms with Crippen LogP contribution in [0.2, 0.25) is 0 Å². The molecule has 20 heavy (non-hydrogen) atoms. The summed E-state index contributed by atoms with van der Waals surface area (Å²) in [6, 6.07) is 6.32. The first-order chi connectivity index (χ1) is 9.58. The van der Waals surface area contributed by atoms with Crippen LogP contribution < -0.4 is 10.6 Å². The fourth-order valence-corrected chi connectivity index (χ4v) is 4.02. The number of nitrogens with zero attached hydrogens (tertiary/aromatic N) is 2. The third-order valence-corrected chi connectivity index (χ3v) is 4.94. The number of nitrogens with two attached hydrogens (primary N) is 1. The van der Waals surface area contributed by atoms with E-state index in [1.165, 1.54) is 0 Å². The molecule has 2 aliphatic heterocycles. The van der Waals surface area contributed by atoms with Crippen molar-refractivity contribution >= 4 is 44.7 Å². The van der Waals surface area contributed by atoms with Gasteiger partial charge in [0.05, 0.1) is 0 Å². The topological polar surface area (TPSA) is 49.6 Å². The molecule has 2 aliphatic rings. The number of carbonyl (C=O) groups is 1. The van der Waals surface area contributed by atoms with E-state index in [0.29, 0.717) is 23.4 Å². The zero-order valence-electron chi connectivity index (χ0n) is 11.0. The van der Waals surface area contributed by atoms with Gasteiger partial charge in [0.15, 0.2) is 0 Å². The second-order valence-electron chi connectivity index (χ2n) is 5.22. The number of amides is 1. The maximum Gasteiger partial charge on any atom is 0.223 e. The Bertz CT molecular complexity index is 578. The SMILES string of the molecule is NC(=S)c1c(Br)cccc1N1CCN2C(=O)CCC2C1. The van der Waals surface area contributed by atoms with Gasteiger partial charge in [-0.2, -0.15) is 0 Å². The van der Waals surface area contributed by atoms with E-state index in [1.54, 1.807) is 0 Å². The summed E-state index contributed by atoms with van der Waals surface area (Å²) in [5, 5.41) is 0. The number of carbonyl (C=O) groups excluding carboxylic acids is 1. The largest absolute Gasteiger partial charge is 0.389 e. The predicted molar refractivity (Wildman–Crippen MR) is 87.0 cm³/mol. The van der Waals surface area contributed by atoms with Crippen LogP contribution in [0, 0.1) is 0 Å². The number of halogens is 1. The van der Waals surface area contributed by atoms with Crippen molar-refractivity contribution in [2.75, 3.05) is 24.5 Å². The lowest BCUT2D eigenvalue weighted by atomic mass is 10.1. The second kappa shape index (κ2) is 5.33. The molecule has 106 valence electrons. The molecule has 1 amide bonds. The second-order valence-corrected chi connectivity index (χ2v) is 6.52. The molecule has 0 aliphatic carbocycles. The highest BCUT2D eigenvalue weighted by Gasteiger charge is 2.36. The van der Waals surface area contributed by atoms with Crippen LogP contribution in [-0.4, -0.2) is 41.5 Å². The van der Waals surface area contributed by atoms with Crippen LogP contribution in [0.15, 0.2) is 22.7 Å². The molecule has 2 saturated heterocycles. The monoisotopic (exact) mass is 353 g/mol. The van der Waals surface area contributed by atoms with Crippen molar-refractivity contribution in [2.24, 2.45) is 5.73 Å². The van der Waals surface area contributed by atoms with Gasteiger partial charge in [-0.25, -0.2) is 0 Å². The molecule has 1 atom stereocenters. The Morgan fingerprint density at radius 3 is 2.95 bits per heavy atom. The summed E-state index contributed by atoms with van der Waals surface area (Å²) in [6.07, 6.45) is 1.63. The van der Waals surface area contributed by atoms with Crippen molar-refractivity contribution in [3.05, 3.63) is 28.2 Å². The van der Waals surface area contributed by atoms with Crippen LogP contribution >= 0.6 is 28.1 Å². The van der Waals surface area contributed by atoms with Gasteiger partial charge in [0, 0.05) is 47.8 Å². The van der Waals surface area contributed by atoms with Crippen LogP contribution in [-0.2, 0) is 4.79 Å². The molecule has 6 heteroatoms. The van der Waals surface area contributed by atoms with Gasteiger partial charge in [0.2, 0.25) is 5.91 Å². The number of benzene rings is 1. The van der Waals surface area contributed by atoms with Crippen molar-refractivity contribution in [1.29, 1.82) is 0 Å². The molecular formula is C14H16BrN3OS. The lowest BCUT2D eigenvalue weighted by molar-refractivity contribution is -0.129. The fraction of sp³-hybridized carbons (Fsp3) is 0.429. The van der Waals surface area contributed by atoms with Crippen LogP contribution in [0.5, 0.6) is 0 Å². The third kappa shape index (κ3) is 2.31. The molecular weight excluding hydrogens is 338 g/mol. The van der Waals surface area contributed by atoms with E-state index in [4.69, 9.17) is 18.0 Å². The van der Waals surface area contributed by atoms with Crippen LogP contribution in [0.4, 0.5) is 5.69 Å². The average molecular weight is 354 g/mol. The molecule has 1 aromatic carbocycles. The minimum atomic E-state index is 0.290. The van der Waals surface area contributed by atoms with E-state index in [1.807, 2.05) is 23.1 Å². The number of hydrogen-bond donors (Lipinski definition) is 1. The molecule has 0 radical (unpaired) electrons. The fourth-order valence-electron chi connectivity index (χ4n) is 3.10. The Labute approximate surface area is 132 Å². The number of piperazine rings is 1. The predicted octanol–water partition coefficient (Wildman–Crippen LogP) is 1.89. The summed E-state index contributed by atoms with van der Waals surface area (Å²) in [7, 11) is 0. The molecule has 2 fully saturated rings. The van der Waals surface area contributed by atoms with Crippen LogP contribution in [0.3, 0.4) is 0 Å². The quantitative estimate of drug-likeness (QED) is 0.825. The smallest absolute Gasteiger partial charge is 0.223 e.